The van der Waals surface area contributed by atoms with Gasteiger partial charge in [-0.1, -0.05) is 34.1 Å². The quantitative estimate of drug-likeness (QED) is 0.884. The van der Waals surface area contributed by atoms with Crippen LogP contribution in [0.3, 0.4) is 0 Å². The number of nitrogens with one attached hydrogen (secondary N) is 1. The normalized spacial score (nSPS) is 16.8. The van der Waals surface area contributed by atoms with Gasteiger partial charge in [-0.15, -0.1) is 0 Å². The zero-order valence-corrected chi connectivity index (χ0v) is 13.4. The van der Waals surface area contributed by atoms with Gasteiger partial charge in [-0.05, 0) is 49.2 Å². The van der Waals surface area contributed by atoms with E-state index >= 15 is 0 Å². The van der Waals surface area contributed by atoms with Crippen LogP contribution in [-0.2, 0) is 13.0 Å². The van der Waals surface area contributed by atoms with Crippen LogP contribution in [0.4, 0.5) is 4.39 Å². The Kier molecular flexibility index (Phi) is 4.27. The molecule has 0 heterocycles. The molecule has 0 aromatic heterocycles. The van der Waals surface area contributed by atoms with E-state index in [0.717, 1.165) is 23.1 Å². The van der Waals surface area contributed by atoms with Crippen molar-refractivity contribution >= 4 is 15.9 Å². The number of ether oxygens (including phenoxy) is 1. The van der Waals surface area contributed by atoms with E-state index in [0.29, 0.717) is 11.6 Å². The molecule has 21 heavy (non-hydrogen) atoms. The van der Waals surface area contributed by atoms with Crippen molar-refractivity contribution in [1.82, 2.24) is 5.32 Å². The first-order chi connectivity index (χ1) is 10.2. The fourth-order valence-corrected chi connectivity index (χ4v) is 3.18. The Bertz CT molecular complexity index is 659. The topological polar surface area (TPSA) is 21.3 Å². The van der Waals surface area contributed by atoms with Crippen molar-refractivity contribution < 1.29 is 9.13 Å². The number of rotatable bonds is 4. The van der Waals surface area contributed by atoms with Gasteiger partial charge >= 0.3 is 0 Å². The van der Waals surface area contributed by atoms with Crippen LogP contribution in [0.15, 0.2) is 40.9 Å². The maximum atomic E-state index is 13.8. The Balaban J connectivity index is 1.79. The molecule has 1 aliphatic rings. The van der Waals surface area contributed by atoms with Gasteiger partial charge in [0, 0.05) is 16.1 Å². The molecule has 0 fully saturated rings. The molecular formula is C17H17BrFNO. The van der Waals surface area contributed by atoms with Crippen molar-refractivity contribution in [1.29, 1.82) is 0 Å². The van der Waals surface area contributed by atoms with Crippen LogP contribution in [0.1, 0.15) is 29.2 Å². The first-order valence-electron chi connectivity index (χ1n) is 7.05. The van der Waals surface area contributed by atoms with Gasteiger partial charge < -0.3 is 10.1 Å². The summed E-state index contributed by atoms with van der Waals surface area (Å²) in [5.41, 5.74) is 3.11. The van der Waals surface area contributed by atoms with Crippen molar-refractivity contribution in [3.63, 3.8) is 0 Å². The van der Waals surface area contributed by atoms with Crippen LogP contribution >= 0.6 is 15.9 Å². The lowest BCUT2D eigenvalue weighted by Crippen LogP contribution is -2.12. The van der Waals surface area contributed by atoms with Gasteiger partial charge in [-0.2, -0.15) is 0 Å². The molecule has 0 amide bonds. The summed E-state index contributed by atoms with van der Waals surface area (Å²) in [6.07, 6.45) is 2.08. The number of hydrogen-bond donors (Lipinski definition) is 1. The fourth-order valence-electron chi connectivity index (χ4n) is 2.85. The second-order valence-corrected chi connectivity index (χ2v) is 6.14. The molecule has 4 heteroatoms. The molecule has 110 valence electrons. The predicted molar refractivity (Wildman–Crippen MR) is 85.0 cm³/mol. The van der Waals surface area contributed by atoms with Crippen LogP contribution in [-0.4, -0.2) is 7.05 Å². The molecule has 3 rings (SSSR count). The zero-order chi connectivity index (χ0) is 14.8. The van der Waals surface area contributed by atoms with Crippen molar-refractivity contribution in [2.24, 2.45) is 0 Å². The third kappa shape index (κ3) is 2.97. The van der Waals surface area contributed by atoms with Crippen molar-refractivity contribution in [3.05, 3.63) is 63.4 Å². The van der Waals surface area contributed by atoms with Gasteiger partial charge in [0.1, 0.15) is 18.2 Å². The van der Waals surface area contributed by atoms with Gasteiger partial charge in [0.25, 0.3) is 0 Å². The lowest BCUT2D eigenvalue weighted by molar-refractivity contribution is 0.297. The Hall–Kier alpha value is -1.39. The lowest BCUT2D eigenvalue weighted by atomic mass is 10.1. The zero-order valence-electron chi connectivity index (χ0n) is 11.8. The van der Waals surface area contributed by atoms with E-state index < -0.39 is 0 Å². The largest absolute Gasteiger partial charge is 0.489 e. The van der Waals surface area contributed by atoms with Crippen LogP contribution in [0.2, 0.25) is 0 Å². The van der Waals surface area contributed by atoms with E-state index in [9.17, 15) is 4.39 Å². The molecule has 1 atom stereocenters. The molecule has 0 radical (unpaired) electrons. The summed E-state index contributed by atoms with van der Waals surface area (Å²) in [6, 6.07) is 11.5. The first-order valence-corrected chi connectivity index (χ1v) is 7.84. The van der Waals surface area contributed by atoms with Gasteiger partial charge in [0.05, 0.1) is 0 Å². The Morgan fingerprint density at radius 1 is 1.33 bits per heavy atom. The molecule has 0 saturated carbocycles. The van der Waals surface area contributed by atoms with E-state index in [-0.39, 0.29) is 12.4 Å². The molecule has 1 unspecified atom stereocenters. The van der Waals surface area contributed by atoms with E-state index in [1.165, 1.54) is 17.2 Å². The lowest BCUT2D eigenvalue weighted by Gasteiger charge is -2.13. The molecule has 0 spiro atoms. The Labute approximate surface area is 132 Å². The summed E-state index contributed by atoms with van der Waals surface area (Å²) < 4.78 is 20.4. The molecule has 0 saturated heterocycles. The van der Waals surface area contributed by atoms with E-state index in [1.807, 2.05) is 25.2 Å². The maximum Gasteiger partial charge on any atom is 0.130 e. The minimum absolute atomic E-state index is 0.245. The molecular weight excluding hydrogens is 333 g/mol. The van der Waals surface area contributed by atoms with Crippen LogP contribution in [0, 0.1) is 5.82 Å². The van der Waals surface area contributed by atoms with Crippen LogP contribution in [0.25, 0.3) is 0 Å². The molecule has 2 aromatic carbocycles. The summed E-state index contributed by atoms with van der Waals surface area (Å²) in [5.74, 6) is 0.623. The van der Waals surface area contributed by atoms with Crippen LogP contribution < -0.4 is 10.1 Å². The minimum atomic E-state index is -0.245. The summed E-state index contributed by atoms with van der Waals surface area (Å²) in [6.45, 7) is 0.250. The van der Waals surface area contributed by atoms with Crippen molar-refractivity contribution in [2.75, 3.05) is 7.05 Å². The third-order valence-electron chi connectivity index (χ3n) is 3.97. The highest BCUT2D eigenvalue weighted by Gasteiger charge is 2.23. The second-order valence-electron chi connectivity index (χ2n) is 5.23. The molecule has 1 N–H and O–H groups in total. The second kappa shape index (κ2) is 6.16. The summed E-state index contributed by atoms with van der Waals surface area (Å²) in [5, 5.41) is 3.32. The maximum absolute atomic E-state index is 13.8. The Morgan fingerprint density at radius 3 is 2.95 bits per heavy atom. The van der Waals surface area contributed by atoms with E-state index in [1.54, 1.807) is 6.07 Å². The Morgan fingerprint density at radius 2 is 2.19 bits per heavy atom. The third-order valence-corrected chi connectivity index (χ3v) is 4.47. The van der Waals surface area contributed by atoms with E-state index in [2.05, 4.69) is 27.3 Å². The highest BCUT2D eigenvalue weighted by molar-refractivity contribution is 9.10. The molecule has 2 nitrogen and oxygen atoms in total. The van der Waals surface area contributed by atoms with Crippen LogP contribution in [0.5, 0.6) is 5.75 Å². The number of fused-ring (bicyclic) bond motifs is 1. The van der Waals surface area contributed by atoms with Gasteiger partial charge in [-0.25, -0.2) is 4.39 Å². The molecule has 0 aliphatic heterocycles. The first kappa shape index (κ1) is 14.5. The molecule has 2 aromatic rings. The number of hydrogen-bond acceptors (Lipinski definition) is 2. The highest BCUT2D eigenvalue weighted by Crippen LogP contribution is 2.37. The summed E-state index contributed by atoms with van der Waals surface area (Å²) in [4.78, 5) is 0. The SMILES string of the molecule is CNC1CCc2c(OCc3ccc(Br)cc3F)cccc21. The minimum Gasteiger partial charge on any atom is -0.489 e. The highest BCUT2D eigenvalue weighted by atomic mass is 79.9. The summed E-state index contributed by atoms with van der Waals surface area (Å²) in [7, 11) is 1.98. The fraction of sp³-hybridized carbons (Fsp3) is 0.294. The van der Waals surface area contributed by atoms with E-state index in [4.69, 9.17) is 4.74 Å². The molecule has 1 aliphatic carbocycles. The predicted octanol–water partition coefficient (Wildman–Crippen LogP) is 4.37. The van der Waals surface area contributed by atoms with Gasteiger partial charge in [0.15, 0.2) is 0 Å². The number of halogens is 2. The monoisotopic (exact) mass is 349 g/mol. The van der Waals surface area contributed by atoms with Crippen molar-refractivity contribution in [2.45, 2.75) is 25.5 Å². The van der Waals surface area contributed by atoms with Gasteiger partial charge in [-0.3, -0.25) is 0 Å². The summed E-state index contributed by atoms with van der Waals surface area (Å²) >= 11 is 3.26. The average Bonchev–Trinajstić information content (AvgIpc) is 2.90. The average molecular weight is 350 g/mol. The van der Waals surface area contributed by atoms with Crippen molar-refractivity contribution in [3.8, 4) is 5.75 Å². The molecule has 0 bridgehead atoms. The number of benzene rings is 2. The smallest absolute Gasteiger partial charge is 0.130 e. The van der Waals surface area contributed by atoms with Gasteiger partial charge in [0.2, 0.25) is 0 Å². The standard InChI is InChI=1S/C17H17BrFNO/c1-20-16-8-7-14-13(16)3-2-4-17(14)21-10-11-5-6-12(18)9-15(11)19/h2-6,9,16,20H,7-8,10H2,1H3.